The SMILES string of the molecule is O=C1c2c(O)cc(O)cc2O[C@@H](c2cc(O)c(O[C@H]3O[C@H](CO)[C@@H](O)[C@H](O)[C@H]3O)c(O)c2)[C@@H]1O. The largest absolute Gasteiger partial charge is 0.508 e. The first kappa shape index (κ1) is 23.8. The Balaban J connectivity index is 1.62. The van der Waals surface area contributed by atoms with Crippen molar-refractivity contribution < 1.29 is 65.0 Å². The molecule has 184 valence electrons. The summed E-state index contributed by atoms with van der Waals surface area (Å²) in [4.78, 5) is 12.6. The molecule has 4 rings (SSSR count). The smallest absolute Gasteiger partial charge is 0.229 e. The number of aliphatic hydroxyl groups excluding tert-OH is 5. The Morgan fingerprint density at radius 1 is 0.853 bits per heavy atom. The molecular weight excluding hydrogens is 460 g/mol. The van der Waals surface area contributed by atoms with Gasteiger partial charge in [0.25, 0.3) is 0 Å². The molecule has 0 unspecified atom stereocenters. The van der Waals surface area contributed by atoms with E-state index < -0.39 is 84.1 Å². The molecule has 2 aromatic rings. The van der Waals surface area contributed by atoms with Gasteiger partial charge in [-0.25, -0.2) is 0 Å². The highest BCUT2D eigenvalue weighted by Crippen LogP contribution is 2.45. The Kier molecular flexibility index (Phi) is 6.16. The van der Waals surface area contributed by atoms with Gasteiger partial charge in [0.15, 0.2) is 23.7 Å². The standard InChI is InChI=1S/C21H22O13/c22-5-12-14(27)16(29)18(31)21(33-12)34-20-9(25)1-6(2-10(20)26)19-17(30)15(28)13-8(24)3-7(23)4-11(13)32-19/h1-4,12,14,16-19,21-27,29-31H,5H2/t12-,14-,16+,17-,18-,19+,21-/m1/s1. The number of carbonyl (C=O) groups excluding carboxylic acids is 1. The van der Waals surface area contributed by atoms with E-state index in [2.05, 4.69) is 0 Å². The van der Waals surface area contributed by atoms with E-state index in [-0.39, 0.29) is 16.9 Å². The number of hydrogen-bond acceptors (Lipinski definition) is 13. The van der Waals surface area contributed by atoms with E-state index in [1.807, 2.05) is 0 Å². The van der Waals surface area contributed by atoms with Gasteiger partial charge in [-0.3, -0.25) is 4.79 Å². The predicted molar refractivity (Wildman–Crippen MR) is 108 cm³/mol. The van der Waals surface area contributed by atoms with Gasteiger partial charge in [-0.1, -0.05) is 0 Å². The monoisotopic (exact) mass is 482 g/mol. The van der Waals surface area contributed by atoms with Crippen LogP contribution in [0.4, 0.5) is 0 Å². The van der Waals surface area contributed by atoms with Gasteiger partial charge in [-0.05, 0) is 12.1 Å². The maximum absolute atomic E-state index is 12.6. The van der Waals surface area contributed by atoms with Crippen LogP contribution in [0.3, 0.4) is 0 Å². The Morgan fingerprint density at radius 2 is 1.50 bits per heavy atom. The molecule has 2 aromatic carbocycles. The van der Waals surface area contributed by atoms with E-state index in [9.17, 15) is 50.8 Å². The van der Waals surface area contributed by atoms with Crippen LogP contribution in [0.15, 0.2) is 24.3 Å². The molecule has 2 aliphatic rings. The van der Waals surface area contributed by atoms with Crippen LogP contribution in [0.2, 0.25) is 0 Å². The van der Waals surface area contributed by atoms with Crippen molar-refractivity contribution in [1.29, 1.82) is 0 Å². The number of ether oxygens (including phenoxy) is 3. The first-order valence-electron chi connectivity index (χ1n) is 10.0. The third kappa shape index (κ3) is 3.94. The molecule has 7 atom stereocenters. The molecule has 13 heteroatoms. The molecule has 0 aliphatic carbocycles. The number of aromatic hydroxyl groups is 4. The number of benzene rings is 2. The molecule has 2 aliphatic heterocycles. The van der Waals surface area contributed by atoms with E-state index in [0.29, 0.717) is 0 Å². The van der Waals surface area contributed by atoms with Crippen LogP contribution in [0, 0.1) is 0 Å². The van der Waals surface area contributed by atoms with Crippen molar-refractivity contribution >= 4 is 5.78 Å². The van der Waals surface area contributed by atoms with Gasteiger partial charge in [0, 0.05) is 17.7 Å². The average Bonchev–Trinajstić information content (AvgIpc) is 2.77. The zero-order chi connectivity index (χ0) is 24.9. The lowest BCUT2D eigenvalue weighted by atomic mass is 9.92. The Bertz CT molecular complexity index is 1080. The lowest BCUT2D eigenvalue weighted by Gasteiger charge is -2.39. The molecule has 1 saturated heterocycles. The van der Waals surface area contributed by atoms with Gasteiger partial charge in [0.2, 0.25) is 17.8 Å². The fourth-order valence-electron chi connectivity index (χ4n) is 3.85. The summed E-state index contributed by atoms with van der Waals surface area (Å²) in [5, 5.41) is 89.9. The molecule has 0 spiro atoms. The van der Waals surface area contributed by atoms with Gasteiger partial charge in [0.05, 0.1) is 6.61 Å². The van der Waals surface area contributed by atoms with E-state index in [1.165, 1.54) is 0 Å². The normalized spacial score (nSPS) is 31.0. The molecule has 34 heavy (non-hydrogen) atoms. The van der Waals surface area contributed by atoms with Crippen molar-refractivity contribution in [1.82, 2.24) is 0 Å². The Labute approximate surface area is 190 Å². The summed E-state index contributed by atoms with van der Waals surface area (Å²) in [6.07, 6.45) is -11.5. The molecular formula is C21H22O13. The molecule has 0 radical (unpaired) electrons. The minimum atomic E-state index is -1.85. The van der Waals surface area contributed by atoms with Gasteiger partial charge >= 0.3 is 0 Å². The summed E-state index contributed by atoms with van der Waals surface area (Å²) >= 11 is 0. The Morgan fingerprint density at radius 3 is 2.12 bits per heavy atom. The number of aliphatic hydroxyl groups is 5. The van der Waals surface area contributed by atoms with Gasteiger partial charge in [-0.15, -0.1) is 0 Å². The van der Waals surface area contributed by atoms with Crippen LogP contribution in [-0.2, 0) is 4.74 Å². The van der Waals surface area contributed by atoms with Gasteiger partial charge in [0.1, 0.15) is 47.2 Å². The number of carbonyl (C=O) groups is 1. The second kappa shape index (κ2) is 8.79. The summed E-state index contributed by atoms with van der Waals surface area (Å²) < 4.78 is 16.0. The first-order valence-corrected chi connectivity index (χ1v) is 10.0. The molecule has 0 aromatic heterocycles. The maximum atomic E-state index is 12.6. The van der Waals surface area contributed by atoms with Crippen LogP contribution < -0.4 is 9.47 Å². The summed E-state index contributed by atoms with van der Waals surface area (Å²) in [6, 6.07) is 3.90. The molecule has 9 N–H and O–H groups in total. The third-order valence-electron chi connectivity index (χ3n) is 5.60. The lowest BCUT2D eigenvalue weighted by molar-refractivity contribution is -0.277. The predicted octanol–water partition coefficient (Wildman–Crippen LogP) is -1.64. The summed E-state index contributed by atoms with van der Waals surface area (Å²) in [5.74, 6) is -4.26. The molecule has 1 fully saturated rings. The summed E-state index contributed by atoms with van der Waals surface area (Å²) in [6.45, 7) is -0.723. The second-order valence-corrected chi connectivity index (χ2v) is 7.89. The van der Waals surface area contributed by atoms with Gasteiger partial charge < -0.3 is 60.2 Å². The van der Waals surface area contributed by atoms with Gasteiger partial charge in [-0.2, -0.15) is 0 Å². The summed E-state index contributed by atoms with van der Waals surface area (Å²) in [5.41, 5.74) is -0.442. The summed E-state index contributed by atoms with van der Waals surface area (Å²) in [7, 11) is 0. The number of Topliss-reactive ketones (excluding diaryl/α,β-unsaturated/α-hetero) is 1. The van der Waals surface area contributed by atoms with E-state index in [0.717, 1.165) is 24.3 Å². The van der Waals surface area contributed by atoms with E-state index in [4.69, 9.17) is 14.2 Å². The van der Waals surface area contributed by atoms with Crippen molar-refractivity contribution in [3.05, 3.63) is 35.4 Å². The number of rotatable bonds is 4. The van der Waals surface area contributed by atoms with Crippen molar-refractivity contribution in [3.63, 3.8) is 0 Å². The quantitative estimate of drug-likeness (QED) is 0.239. The van der Waals surface area contributed by atoms with Crippen molar-refractivity contribution in [2.24, 2.45) is 0 Å². The highest BCUT2D eigenvalue weighted by atomic mass is 16.7. The molecule has 13 nitrogen and oxygen atoms in total. The van der Waals surface area contributed by atoms with Crippen LogP contribution in [0.5, 0.6) is 34.5 Å². The molecule has 0 amide bonds. The zero-order valence-corrected chi connectivity index (χ0v) is 17.2. The third-order valence-corrected chi connectivity index (χ3v) is 5.60. The highest BCUT2D eigenvalue weighted by molar-refractivity contribution is 6.05. The number of fused-ring (bicyclic) bond motifs is 1. The molecule has 0 saturated carbocycles. The molecule has 0 bridgehead atoms. The second-order valence-electron chi connectivity index (χ2n) is 7.89. The first-order chi connectivity index (χ1) is 16.0. The van der Waals surface area contributed by atoms with Crippen molar-refractivity contribution in [2.45, 2.75) is 42.9 Å². The Hall–Kier alpha value is -3.33. The topological polar surface area (TPSA) is 227 Å². The highest BCUT2D eigenvalue weighted by Gasteiger charge is 2.45. The molecule has 2 heterocycles. The average molecular weight is 482 g/mol. The number of phenolic OH excluding ortho intramolecular Hbond substituents is 4. The van der Waals surface area contributed by atoms with E-state index in [1.54, 1.807) is 0 Å². The maximum Gasteiger partial charge on any atom is 0.229 e. The number of phenols is 4. The fourth-order valence-corrected chi connectivity index (χ4v) is 3.85. The zero-order valence-electron chi connectivity index (χ0n) is 17.2. The van der Waals surface area contributed by atoms with Crippen LogP contribution in [0.25, 0.3) is 0 Å². The van der Waals surface area contributed by atoms with Crippen molar-refractivity contribution in [3.8, 4) is 34.5 Å². The lowest BCUT2D eigenvalue weighted by Crippen LogP contribution is -2.60. The minimum Gasteiger partial charge on any atom is -0.508 e. The van der Waals surface area contributed by atoms with Crippen LogP contribution >= 0.6 is 0 Å². The van der Waals surface area contributed by atoms with E-state index >= 15 is 0 Å². The fraction of sp³-hybridized carbons (Fsp3) is 0.381. The van der Waals surface area contributed by atoms with Crippen LogP contribution in [0.1, 0.15) is 22.0 Å². The number of hydrogen-bond donors (Lipinski definition) is 9. The van der Waals surface area contributed by atoms with Crippen LogP contribution in [-0.4, -0.2) is 95.2 Å². The minimum absolute atomic E-state index is 0.0921. The number of ketones is 1. The van der Waals surface area contributed by atoms with Crippen molar-refractivity contribution in [2.75, 3.05) is 6.61 Å².